The first-order valence-corrected chi connectivity index (χ1v) is 8.25. The van der Waals surface area contributed by atoms with Crippen LogP contribution in [0.5, 0.6) is 0 Å². The monoisotopic (exact) mass is 305 g/mol. The first kappa shape index (κ1) is 17.4. The number of thioether (sulfide) groups is 1. The summed E-state index contributed by atoms with van der Waals surface area (Å²) in [6, 6.07) is 5.89. The highest BCUT2D eigenvalue weighted by atomic mass is 32.2. The minimum absolute atomic E-state index is 0.242. The number of benzene rings is 1. The van der Waals surface area contributed by atoms with Gasteiger partial charge >= 0.3 is 6.18 Å². The van der Waals surface area contributed by atoms with Crippen molar-refractivity contribution in [1.29, 1.82) is 0 Å². The molecule has 0 aliphatic rings. The molecule has 0 fully saturated rings. The van der Waals surface area contributed by atoms with E-state index in [1.807, 2.05) is 6.26 Å². The molecule has 0 heterocycles. The van der Waals surface area contributed by atoms with E-state index in [9.17, 15) is 13.2 Å². The van der Waals surface area contributed by atoms with Crippen molar-refractivity contribution in [2.45, 2.75) is 38.4 Å². The maximum Gasteiger partial charge on any atom is 0.416 e. The minimum atomic E-state index is -4.26. The van der Waals surface area contributed by atoms with E-state index in [-0.39, 0.29) is 6.04 Å². The molecule has 1 aromatic carbocycles. The molecule has 0 aromatic heterocycles. The molecule has 1 unspecified atom stereocenters. The van der Waals surface area contributed by atoms with Gasteiger partial charge in [-0.3, -0.25) is 0 Å². The van der Waals surface area contributed by atoms with Crippen molar-refractivity contribution in [1.82, 2.24) is 5.32 Å². The number of hydrogen-bond donors (Lipinski definition) is 1. The second-order valence-corrected chi connectivity index (χ2v) is 5.82. The normalized spacial score (nSPS) is 13.4. The minimum Gasteiger partial charge on any atom is -0.314 e. The zero-order valence-electron chi connectivity index (χ0n) is 12.0. The standard InChI is InChI=1S/C15H22F3NS/c1-3-8-19-14(7-9-20-2)11-12-5-4-6-13(10-12)15(16,17)18/h4-6,10,14,19H,3,7-9,11H2,1-2H3. The molecule has 1 nitrogen and oxygen atoms in total. The van der Waals surface area contributed by atoms with Crippen molar-refractivity contribution >= 4 is 11.8 Å². The Morgan fingerprint density at radius 1 is 1.30 bits per heavy atom. The van der Waals surface area contributed by atoms with E-state index in [2.05, 4.69) is 12.2 Å². The molecule has 1 N–H and O–H groups in total. The van der Waals surface area contributed by atoms with E-state index >= 15 is 0 Å². The highest BCUT2D eigenvalue weighted by molar-refractivity contribution is 7.98. The third kappa shape index (κ3) is 6.18. The largest absolute Gasteiger partial charge is 0.416 e. The molecule has 20 heavy (non-hydrogen) atoms. The van der Waals surface area contributed by atoms with Gasteiger partial charge in [-0.2, -0.15) is 24.9 Å². The third-order valence-corrected chi connectivity index (χ3v) is 3.73. The number of alkyl halides is 3. The maximum atomic E-state index is 12.7. The Hall–Kier alpha value is -0.680. The third-order valence-electron chi connectivity index (χ3n) is 3.09. The van der Waals surface area contributed by atoms with Crippen LogP contribution in [0.2, 0.25) is 0 Å². The Morgan fingerprint density at radius 3 is 2.65 bits per heavy atom. The lowest BCUT2D eigenvalue weighted by atomic mass is 10.0. The fraction of sp³-hybridized carbons (Fsp3) is 0.600. The van der Waals surface area contributed by atoms with Crippen LogP contribution >= 0.6 is 11.8 Å². The molecule has 1 aromatic rings. The summed E-state index contributed by atoms with van der Waals surface area (Å²) < 4.78 is 38.1. The van der Waals surface area contributed by atoms with Crippen LogP contribution < -0.4 is 5.32 Å². The van der Waals surface area contributed by atoms with Gasteiger partial charge in [-0.25, -0.2) is 0 Å². The summed E-state index contributed by atoms with van der Waals surface area (Å²) in [6.45, 7) is 2.99. The van der Waals surface area contributed by atoms with Crippen LogP contribution in [0.1, 0.15) is 30.9 Å². The number of rotatable bonds is 8. The Morgan fingerprint density at radius 2 is 2.05 bits per heavy atom. The Labute approximate surface area is 123 Å². The lowest BCUT2D eigenvalue weighted by Crippen LogP contribution is -2.32. The van der Waals surface area contributed by atoms with Crippen LogP contribution in [0.15, 0.2) is 24.3 Å². The first-order chi connectivity index (χ1) is 9.47. The van der Waals surface area contributed by atoms with Crippen molar-refractivity contribution < 1.29 is 13.2 Å². The highest BCUT2D eigenvalue weighted by Crippen LogP contribution is 2.29. The van der Waals surface area contributed by atoms with E-state index in [1.54, 1.807) is 17.8 Å². The van der Waals surface area contributed by atoms with Crippen LogP contribution in [0.4, 0.5) is 13.2 Å². The first-order valence-electron chi connectivity index (χ1n) is 6.85. The molecule has 0 radical (unpaired) electrons. The van der Waals surface area contributed by atoms with Gasteiger partial charge in [0, 0.05) is 6.04 Å². The summed E-state index contributed by atoms with van der Waals surface area (Å²) in [5.41, 5.74) is 0.184. The highest BCUT2D eigenvalue weighted by Gasteiger charge is 2.30. The smallest absolute Gasteiger partial charge is 0.314 e. The number of hydrogen-bond acceptors (Lipinski definition) is 2. The van der Waals surface area contributed by atoms with Gasteiger partial charge in [0.25, 0.3) is 0 Å². The molecule has 0 amide bonds. The lowest BCUT2D eigenvalue weighted by Gasteiger charge is -2.19. The summed E-state index contributed by atoms with van der Waals surface area (Å²) in [7, 11) is 0. The quantitative estimate of drug-likeness (QED) is 0.765. The summed E-state index contributed by atoms with van der Waals surface area (Å²) in [5.74, 6) is 1.01. The second kappa shape index (κ2) is 8.57. The summed E-state index contributed by atoms with van der Waals surface area (Å²) in [6.07, 6.45) is 0.420. The Bertz CT molecular complexity index is 385. The topological polar surface area (TPSA) is 12.0 Å². The van der Waals surface area contributed by atoms with Crippen LogP contribution in [0.3, 0.4) is 0 Å². The van der Waals surface area contributed by atoms with Crippen molar-refractivity contribution in [2.75, 3.05) is 18.6 Å². The van der Waals surface area contributed by atoms with Crippen LogP contribution in [-0.2, 0) is 12.6 Å². The van der Waals surface area contributed by atoms with Gasteiger partial charge in [0.1, 0.15) is 0 Å². The zero-order chi connectivity index (χ0) is 15.0. The van der Waals surface area contributed by atoms with E-state index in [0.717, 1.165) is 36.8 Å². The average molecular weight is 305 g/mol. The second-order valence-electron chi connectivity index (χ2n) is 4.83. The molecule has 1 rings (SSSR count). The average Bonchev–Trinajstić information content (AvgIpc) is 2.41. The molecule has 0 aliphatic heterocycles. The molecule has 1 atom stereocenters. The van der Waals surface area contributed by atoms with Crippen molar-refractivity contribution in [3.63, 3.8) is 0 Å². The van der Waals surface area contributed by atoms with Crippen LogP contribution in [0, 0.1) is 0 Å². The van der Waals surface area contributed by atoms with Gasteiger partial charge in [-0.05, 0) is 49.4 Å². The molecule has 5 heteroatoms. The van der Waals surface area contributed by atoms with E-state index in [4.69, 9.17) is 0 Å². The fourth-order valence-corrected chi connectivity index (χ4v) is 2.56. The predicted octanol–water partition coefficient (Wildman–Crippen LogP) is 4.37. The molecule has 0 aliphatic carbocycles. The molecule has 0 spiro atoms. The SMILES string of the molecule is CCCNC(CCSC)Cc1cccc(C(F)(F)F)c1. The lowest BCUT2D eigenvalue weighted by molar-refractivity contribution is -0.137. The van der Waals surface area contributed by atoms with Crippen molar-refractivity contribution in [2.24, 2.45) is 0 Å². The van der Waals surface area contributed by atoms with E-state index in [1.165, 1.54) is 12.1 Å². The predicted molar refractivity (Wildman–Crippen MR) is 80.2 cm³/mol. The fourth-order valence-electron chi connectivity index (χ4n) is 2.04. The Balaban J connectivity index is 2.71. The van der Waals surface area contributed by atoms with Crippen molar-refractivity contribution in [3.8, 4) is 0 Å². The molecule has 0 saturated carbocycles. The maximum absolute atomic E-state index is 12.7. The molecular formula is C15H22F3NS. The van der Waals surface area contributed by atoms with Gasteiger partial charge < -0.3 is 5.32 Å². The van der Waals surface area contributed by atoms with Gasteiger partial charge in [-0.1, -0.05) is 25.1 Å². The van der Waals surface area contributed by atoms with Gasteiger partial charge in [-0.15, -0.1) is 0 Å². The van der Waals surface area contributed by atoms with E-state index in [0.29, 0.717) is 6.42 Å². The van der Waals surface area contributed by atoms with E-state index < -0.39 is 11.7 Å². The van der Waals surface area contributed by atoms with Crippen LogP contribution in [-0.4, -0.2) is 24.6 Å². The molecule has 114 valence electrons. The Kier molecular flexibility index (Phi) is 7.45. The summed E-state index contributed by atoms with van der Waals surface area (Å²) in [5, 5.41) is 3.42. The molecule has 0 saturated heterocycles. The van der Waals surface area contributed by atoms with Gasteiger partial charge in [0.05, 0.1) is 5.56 Å². The number of nitrogens with one attached hydrogen (secondary N) is 1. The molecule has 0 bridgehead atoms. The van der Waals surface area contributed by atoms with Crippen molar-refractivity contribution in [3.05, 3.63) is 35.4 Å². The van der Waals surface area contributed by atoms with Gasteiger partial charge in [0.2, 0.25) is 0 Å². The van der Waals surface area contributed by atoms with Gasteiger partial charge in [0.15, 0.2) is 0 Å². The molecular weight excluding hydrogens is 283 g/mol. The van der Waals surface area contributed by atoms with Crippen LogP contribution in [0.25, 0.3) is 0 Å². The summed E-state index contributed by atoms with van der Waals surface area (Å²) in [4.78, 5) is 0. The zero-order valence-corrected chi connectivity index (χ0v) is 12.8. The number of halogens is 3. The summed E-state index contributed by atoms with van der Waals surface area (Å²) >= 11 is 1.76.